The van der Waals surface area contributed by atoms with Crippen LogP contribution >= 0.6 is 23.2 Å². The summed E-state index contributed by atoms with van der Waals surface area (Å²) >= 11 is 11.4. The Balaban J connectivity index is 2.07. The van der Waals surface area contributed by atoms with Crippen LogP contribution in [0, 0.1) is 0 Å². The van der Waals surface area contributed by atoms with Crippen LogP contribution in [-0.2, 0) is 15.8 Å². The van der Waals surface area contributed by atoms with Crippen molar-refractivity contribution in [1.29, 1.82) is 0 Å². The highest BCUT2D eigenvalue weighted by Gasteiger charge is 2.33. The van der Waals surface area contributed by atoms with Crippen molar-refractivity contribution in [1.82, 2.24) is 0 Å². The smallest absolute Gasteiger partial charge is 0.374 e. The van der Waals surface area contributed by atoms with Crippen LogP contribution in [0.4, 0.5) is 30.2 Å². The Kier molecular flexibility index (Phi) is 6.56. The van der Waals surface area contributed by atoms with Gasteiger partial charge in [0.15, 0.2) is 0 Å². The number of carbonyl (C=O) groups excluding carboxylic acids is 2. The standard InChI is InChI=1S/C17H14Cl2F3N3O2/c1-9(26)24-14-5-2-10(18)6-15(14)23-8-16(27)25-11-3-4-13(19)12(7-11)17(20,21)22/h2-7,23H,8H2,1H3,(H,24,26)(H,25,27). The highest BCUT2D eigenvalue weighted by molar-refractivity contribution is 6.31. The number of nitrogens with one attached hydrogen (secondary N) is 3. The predicted molar refractivity (Wildman–Crippen MR) is 99.3 cm³/mol. The molecule has 0 unspecified atom stereocenters. The van der Waals surface area contributed by atoms with E-state index in [1.807, 2.05) is 0 Å². The van der Waals surface area contributed by atoms with E-state index in [-0.39, 0.29) is 18.1 Å². The molecule has 0 saturated carbocycles. The predicted octanol–water partition coefficient (Wildman–Crippen LogP) is 5.02. The van der Waals surface area contributed by atoms with Gasteiger partial charge in [0.2, 0.25) is 11.8 Å². The number of carbonyl (C=O) groups is 2. The molecule has 2 amide bonds. The van der Waals surface area contributed by atoms with Crippen molar-refractivity contribution >= 4 is 52.1 Å². The molecular formula is C17H14Cl2F3N3O2. The number of anilines is 3. The van der Waals surface area contributed by atoms with Crippen LogP contribution in [-0.4, -0.2) is 18.4 Å². The van der Waals surface area contributed by atoms with Gasteiger partial charge < -0.3 is 16.0 Å². The molecule has 0 aliphatic carbocycles. The minimum Gasteiger partial charge on any atom is -0.374 e. The third kappa shape index (κ3) is 6.04. The SMILES string of the molecule is CC(=O)Nc1ccc(Cl)cc1NCC(=O)Nc1ccc(Cl)c(C(F)(F)F)c1. The van der Waals surface area contributed by atoms with Gasteiger partial charge in [-0.3, -0.25) is 9.59 Å². The van der Waals surface area contributed by atoms with Gasteiger partial charge in [-0.25, -0.2) is 0 Å². The Bertz CT molecular complexity index is 873. The van der Waals surface area contributed by atoms with Crippen molar-refractivity contribution in [2.45, 2.75) is 13.1 Å². The number of amides is 2. The first-order valence-electron chi connectivity index (χ1n) is 7.54. The van der Waals surface area contributed by atoms with Crippen molar-refractivity contribution in [3.8, 4) is 0 Å². The highest BCUT2D eigenvalue weighted by Crippen LogP contribution is 2.36. The van der Waals surface area contributed by atoms with E-state index < -0.39 is 22.7 Å². The zero-order valence-corrected chi connectivity index (χ0v) is 15.4. The fourth-order valence-corrected chi connectivity index (χ4v) is 2.56. The van der Waals surface area contributed by atoms with Crippen LogP contribution in [0.25, 0.3) is 0 Å². The number of alkyl halides is 3. The zero-order valence-electron chi connectivity index (χ0n) is 13.9. The largest absolute Gasteiger partial charge is 0.417 e. The normalized spacial score (nSPS) is 11.0. The molecule has 2 rings (SSSR count). The molecule has 5 nitrogen and oxygen atoms in total. The molecule has 0 aliphatic heterocycles. The van der Waals surface area contributed by atoms with Gasteiger partial charge in [0, 0.05) is 17.6 Å². The van der Waals surface area contributed by atoms with E-state index in [4.69, 9.17) is 23.2 Å². The van der Waals surface area contributed by atoms with Gasteiger partial charge in [-0.15, -0.1) is 0 Å². The van der Waals surface area contributed by atoms with E-state index in [1.54, 1.807) is 12.1 Å². The summed E-state index contributed by atoms with van der Waals surface area (Å²) in [6.45, 7) is 1.06. The van der Waals surface area contributed by atoms with E-state index in [1.165, 1.54) is 19.1 Å². The Hall–Kier alpha value is -2.45. The second-order valence-corrected chi connectivity index (χ2v) is 6.31. The lowest BCUT2D eigenvalue weighted by Gasteiger charge is -2.14. The molecule has 0 radical (unpaired) electrons. The van der Waals surface area contributed by atoms with E-state index in [9.17, 15) is 22.8 Å². The van der Waals surface area contributed by atoms with Crippen LogP contribution in [0.3, 0.4) is 0 Å². The number of rotatable bonds is 5. The lowest BCUT2D eigenvalue weighted by atomic mass is 10.2. The minimum atomic E-state index is -4.63. The van der Waals surface area contributed by atoms with Crippen molar-refractivity contribution in [3.05, 3.63) is 52.0 Å². The van der Waals surface area contributed by atoms with Gasteiger partial charge in [-0.2, -0.15) is 13.2 Å². The fraction of sp³-hybridized carbons (Fsp3) is 0.176. The third-order valence-corrected chi connectivity index (χ3v) is 3.85. The van der Waals surface area contributed by atoms with Gasteiger partial charge in [0.05, 0.1) is 28.5 Å². The lowest BCUT2D eigenvalue weighted by molar-refractivity contribution is -0.137. The Morgan fingerprint density at radius 1 is 1.00 bits per heavy atom. The molecule has 27 heavy (non-hydrogen) atoms. The van der Waals surface area contributed by atoms with Crippen molar-refractivity contribution in [3.63, 3.8) is 0 Å². The Morgan fingerprint density at radius 3 is 2.33 bits per heavy atom. The summed E-state index contributed by atoms with van der Waals surface area (Å²) in [4.78, 5) is 23.3. The van der Waals surface area contributed by atoms with Gasteiger partial charge in [-0.05, 0) is 36.4 Å². The molecule has 0 heterocycles. The quantitative estimate of drug-likeness (QED) is 0.636. The molecule has 0 bridgehead atoms. The van der Waals surface area contributed by atoms with E-state index in [0.717, 1.165) is 12.1 Å². The summed E-state index contributed by atoms with van der Waals surface area (Å²) < 4.78 is 38.6. The molecule has 0 fully saturated rings. The van der Waals surface area contributed by atoms with Gasteiger partial charge in [-0.1, -0.05) is 23.2 Å². The average Bonchev–Trinajstić information content (AvgIpc) is 2.55. The average molecular weight is 420 g/mol. The van der Waals surface area contributed by atoms with Crippen molar-refractivity contribution < 1.29 is 22.8 Å². The van der Waals surface area contributed by atoms with Gasteiger partial charge in [0.1, 0.15) is 0 Å². The molecule has 0 aliphatic rings. The number of halogens is 5. The summed E-state index contributed by atoms with van der Waals surface area (Å²) in [5.41, 5.74) is -0.296. The number of benzene rings is 2. The fourth-order valence-electron chi connectivity index (χ4n) is 2.16. The molecule has 0 saturated heterocycles. The van der Waals surface area contributed by atoms with E-state index in [2.05, 4.69) is 16.0 Å². The Morgan fingerprint density at radius 2 is 1.70 bits per heavy atom. The molecule has 0 aromatic heterocycles. The van der Waals surface area contributed by atoms with Gasteiger partial charge in [0.25, 0.3) is 0 Å². The number of hydrogen-bond donors (Lipinski definition) is 3. The second-order valence-electron chi connectivity index (χ2n) is 5.47. The molecule has 10 heteroatoms. The molecule has 0 atom stereocenters. The summed E-state index contributed by atoms with van der Waals surface area (Å²) in [6, 6.07) is 7.69. The third-order valence-electron chi connectivity index (χ3n) is 3.29. The van der Waals surface area contributed by atoms with E-state index in [0.29, 0.717) is 16.4 Å². The maximum Gasteiger partial charge on any atom is 0.417 e. The highest BCUT2D eigenvalue weighted by atomic mass is 35.5. The topological polar surface area (TPSA) is 70.2 Å². The molecule has 144 valence electrons. The summed E-state index contributed by atoms with van der Waals surface area (Å²) in [5.74, 6) is -0.912. The van der Waals surface area contributed by atoms with Crippen molar-refractivity contribution in [2.75, 3.05) is 22.5 Å². The summed E-state index contributed by atoms with van der Waals surface area (Å²) in [5, 5.41) is 7.61. The first kappa shape index (κ1) is 20.9. The maximum absolute atomic E-state index is 12.9. The zero-order chi connectivity index (χ0) is 20.2. The molecule has 2 aromatic carbocycles. The van der Waals surface area contributed by atoms with Crippen LogP contribution in [0.1, 0.15) is 12.5 Å². The Labute approximate surface area is 162 Å². The molecule has 2 aromatic rings. The maximum atomic E-state index is 12.9. The first-order chi connectivity index (χ1) is 12.6. The lowest BCUT2D eigenvalue weighted by Crippen LogP contribution is -2.22. The second kappa shape index (κ2) is 8.49. The van der Waals surface area contributed by atoms with Crippen LogP contribution in [0.15, 0.2) is 36.4 Å². The summed E-state index contributed by atoms with van der Waals surface area (Å²) in [7, 11) is 0. The van der Waals surface area contributed by atoms with E-state index >= 15 is 0 Å². The van der Waals surface area contributed by atoms with Gasteiger partial charge >= 0.3 is 6.18 Å². The van der Waals surface area contributed by atoms with Crippen LogP contribution < -0.4 is 16.0 Å². The monoisotopic (exact) mass is 419 g/mol. The minimum absolute atomic E-state index is 0.0493. The van der Waals surface area contributed by atoms with Crippen molar-refractivity contribution in [2.24, 2.45) is 0 Å². The van der Waals surface area contributed by atoms with Crippen LogP contribution in [0.5, 0.6) is 0 Å². The molecule has 3 N–H and O–H groups in total. The molecular weight excluding hydrogens is 406 g/mol. The summed E-state index contributed by atoms with van der Waals surface area (Å²) in [6.07, 6.45) is -4.63. The first-order valence-corrected chi connectivity index (χ1v) is 8.29. The van der Waals surface area contributed by atoms with Crippen LogP contribution in [0.2, 0.25) is 10.0 Å². The molecule has 0 spiro atoms. The number of hydrogen-bond acceptors (Lipinski definition) is 3.